The van der Waals surface area contributed by atoms with Gasteiger partial charge in [0.15, 0.2) is 0 Å². The zero-order chi connectivity index (χ0) is 12.9. The zero-order valence-electron chi connectivity index (χ0n) is 12.2. The smallest absolute Gasteiger partial charge is 0.0528 e. The van der Waals surface area contributed by atoms with E-state index < -0.39 is 0 Å². The molecule has 1 aliphatic rings. The molecule has 1 heterocycles. The van der Waals surface area contributed by atoms with Gasteiger partial charge < -0.3 is 10.1 Å². The summed E-state index contributed by atoms with van der Waals surface area (Å²) in [4.78, 5) is 0. The molecule has 0 radical (unpaired) electrons. The minimum absolute atomic E-state index is 0.192. The van der Waals surface area contributed by atoms with Crippen molar-refractivity contribution in [2.45, 2.75) is 53.0 Å². The molecule has 0 aromatic heterocycles. The van der Waals surface area contributed by atoms with E-state index in [0.29, 0.717) is 11.8 Å². The summed E-state index contributed by atoms with van der Waals surface area (Å²) in [5.74, 6) is 1.25. The first-order chi connectivity index (χ1) is 7.88. The molecule has 0 aliphatic carbocycles. The van der Waals surface area contributed by atoms with E-state index in [2.05, 4.69) is 46.0 Å². The van der Waals surface area contributed by atoms with Crippen molar-refractivity contribution in [3.05, 3.63) is 11.6 Å². The molecular formula is C15H29NO. The quantitative estimate of drug-likeness (QED) is 0.759. The summed E-state index contributed by atoms with van der Waals surface area (Å²) in [5.41, 5.74) is 1.72. The van der Waals surface area contributed by atoms with Crippen LogP contribution in [0.5, 0.6) is 0 Å². The SMILES string of the molecule is CC(C)/C(=C\C1CCCOC1)CNC(C)(C)C. The number of nitrogens with one attached hydrogen (secondary N) is 1. The van der Waals surface area contributed by atoms with Crippen LogP contribution in [0.1, 0.15) is 47.5 Å². The molecule has 1 N–H and O–H groups in total. The fourth-order valence-corrected chi connectivity index (χ4v) is 2.02. The van der Waals surface area contributed by atoms with Crippen LogP contribution >= 0.6 is 0 Å². The largest absolute Gasteiger partial charge is 0.381 e. The summed E-state index contributed by atoms with van der Waals surface area (Å²) in [7, 11) is 0. The highest BCUT2D eigenvalue weighted by atomic mass is 16.5. The summed E-state index contributed by atoms with van der Waals surface area (Å²) in [5, 5.41) is 3.58. The molecule has 0 saturated carbocycles. The zero-order valence-corrected chi connectivity index (χ0v) is 12.2. The molecule has 1 rings (SSSR count). The van der Waals surface area contributed by atoms with Gasteiger partial charge in [-0.2, -0.15) is 0 Å². The van der Waals surface area contributed by atoms with E-state index in [1.807, 2.05) is 0 Å². The Kier molecular flexibility index (Phi) is 5.68. The lowest BCUT2D eigenvalue weighted by atomic mass is 9.93. The molecule has 0 aromatic carbocycles. The third-order valence-corrected chi connectivity index (χ3v) is 3.21. The Bertz CT molecular complexity index is 244. The second-order valence-electron chi connectivity index (χ2n) is 6.48. The maximum Gasteiger partial charge on any atom is 0.0528 e. The first-order valence-electron chi connectivity index (χ1n) is 6.92. The second kappa shape index (κ2) is 6.55. The van der Waals surface area contributed by atoms with E-state index in [0.717, 1.165) is 19.8 Å². The summed E-state index contributed by atoms with van der Waals surface area (Å²) in [6.07, 6.45) is 4.94. The molecule has 100 valence electrons. The summed E-state index contributed by atoms with van der Waals surface area (Å²) < 4.78 is 5.54. The molecule has 2 nitrogen and oxygen atoms in total. The van der Waals surface area contributed by atoms with Crippen molar-refractivity contribution >= 4 is 0 Å². The van der Waals surface area contributed by atoms with Gasteiger partial charge in [-0.25, -0.2) is 0 Å². The maximum absolute atomic E-state index is 5.54. The van der Waals surface area contributed by atoms with Gasteiger partial charge in [0.2, 0.25) is 0 Å². The molecule has 1 saturated heterocycles. The van der Waals surface area contributed by atoms with Crippen molar-refractivity contribution < 1.29 is 4.74 Å². The van der Waals surface area contributed by atoms with Gasteiger partial charge >= 0.3 is 0 Å². The van der Waals surface area contributed by atoms with Crippen molar-refractivity contribution in [3.8, 4) is 0 Å². The van der Waals surface area contributed by atoms with Gasteiger partial charge in [0.1, 0.15) is 0 Å². The molecule has 1 unspecified atom stereocenters. The third kappa shape index (κ3) is 6.23. The van der Waals surface area contributed by atoms with E-state index in [1.54, 1.807) is 0 Å². The van der Waals surface area contributed by atoms with E-state index in [9.17, 15) is 0 Å². The van der Waals surface area contributed by atoms with Crippen LogP contribution in [0.25, 0.3) is 0 Å². The fourth-order valence-electron chi connectivity index (χ4n) is 2.02. The fraction of sp³-hybridized carbons (Fsp3) is 0.867. The molecule has 0 spiro atoms. The van der Waals surface area contributed by atoms with Crippen LogP contribution in [-0.4, -0.2) is 25.3 Å². The van der Waals surface area contributed by atoms with Crippen molar-refractivity contribution in [1.82, 2.24) is 5.32 Å². The molecule has 1 atom stereocenters. The van der Waals surface area contributed by atoms with Crippen LogP contribution in [0, 0.1) is 11.8 Å². The topological polar surface area (TPSA) is 21.3 Å². The third-order valence-electron chi connectivity index (χ3n) is 3.21. The Morgan fingerprint density at radius 1 is 1.41 bits per heavy atom. The van der Waals surface area contributed by atoms with Crippen LogP contribution in [0.3, 0.4) is 0 Å². The Labute approximate surface area is 107 Å². The molecular weight excluding hydrogens is 210 g/mol. The lowest BCUT2D eigenvalue weighted by Gasteiger charge is -2.25. The lowest BCUT2D eigenvalue weighted by molar-refractivity contribution is 0.0706. The summed E-state index contributed by atoms with van der Waals surface area (Å²) in [6, 6.07) is 0. The molecule has 0 amide bonds. The predicted molar refractivity (Wildman–Crippen MR) is 74.2 cm³/mol. The molecule has 1 aliphatic heterocycles. The predicted octanol–water partition coefficient (Wildman–Crippen LogP) is 3.38. The monoisotopic (exact) mass is 239 g/mol. The minimum Gasteiger partial charge on any atom is -0.381 e. The number of hydrogen-bond acceptors (Lipinski definition) is 2. The van der Waals surface area contributed by atoms with Gasteiger partial charge in [0, 0.05) is 24.6 Å². The van der Waals surface area contributed by atoms with E-state index >= 15 is 0 Å². The van der Waals surface area contributed by atoms with Gasteiger partial charge in [-0.15, -0.1) is 0 Å². The molecule has 17 heavy (non-hydrogen) atoms. The normalized spacial score (nSPS) is 23.2. The van der Waals surface area contributed by atoms with Crippen LogP contribution in [0.15, 0.2) is 11.6 Å². The highest BCUT2D eigenvalue weighted by Gasteiger charge is 2.15. The van der Waals surface area contributed by atoms with Crippen LogP contribution in [-0.2, 0) is 4.74 Å². The standard InChI is InChI=1S/C15H29NO/c1-12(2)14(10-16-15(3,4)5)9-13-7-6-8-17-11-13/h9,12-13,16H,6-8,10-11H2,1-5H3/b14-9-. The highest BCUT2D eigenvalue weighted by molar-refractivity contribution is 5.10. The lowest BCUT2D eigenvalue weighted by Crippen LogP contribution is -2.37. The van der Waals surface area contributed by atoms with Crippen molar-refractivity contribution in [1.29, 1.82) is 0 Å². The summed E-state index contributed by atoms with van der Waals surface area (Å²) >= 11 is 0. The first kappa shape index (κ1) is 14.7. The van der Waals surface area contributed by atoms with Gasteiger partial charge in [-0.3, -0.25) is 0 Å². The van der Waals surface area contributed by atoms with Crippen LogP contribution < -0.4 is 5.32 Å². The molecule has 1 fully saturated rings. The van der Waals surface area contributed by atoms with Crippen LogP contribution in [0.4, 0.5) is 0 Å². The molecule has 2 heteroatoms. The molecule has 0 bridgehead atoms. The first-order valence-corrected chi connectivity index (χ1v) is 6.92. The average molecular weight is 239 g/mol. The maximum atomic E-state index is 5.54. The summed E-state index contributed by atoms with van der Waals surface area (Å²) in [6.45, 7) is 14.1. The Balaban J connectivity index is 2.54. The number of ether oxygens (including phenoxy) is 1. The van der Waals surface area contributed by atoms with E-state index in [1.165, 1.54) is 18.4 Å². The Morgan fingerprint density at radius 3 is 2.59 bits per heavy atom. The van der Waals surface area contributed by atoms with E-state index in [-0.39, 0.29) is 5.54 Å². The van der Waals surface area contributed by atoms with Crippen molar-refractivity contribution in [2.75, 3.05) is 19.8 Å². The second-order valence-corrected chi connectivity index (χ2v) is 6.48. The van der Waals surface area contributed by atoms with Gasteiger partial charge in [0.05, 0.1) is 6.61 Å². The van der Waals surface area contributed by atoms with Gasteiger partial charge in [-0.1, -0.05) is 25.5 Å². The Hall–Kier alpha value is -0.340. The average Bonchev–Trinajstić information content (AvgIpc) is 2.24. The van der Waals surface area contributed by atoms with Gasteiger partial charge in [-0.05, 0) is 39.5 Å². The number of rotatable bonds is 4. The van der Waals surface area contributed by atoms with Gasteiger partial charge in [0.25, 0.3) is 0 Å². The highest BCUT2D eigenvalue weighted by Crippen LogP contribution is 2.20. The molecule has 0 aromatic rings. The Morgan fingerprint density at radius 2 is 2.12 bits per heavy atom. The van der Waals surface area contributed by atoms with Crippen molar-refractivity contribution in [3.63, 3.8) is 0 Å². The van der Waals surface area contributed by atoms with Crippen molar-refractivity contribution in [2.24, 2.45) is 11.8 Å². The number of hydrogen-bond donors (Lipinski definition) is 1. The van der Waals surface area contributed by atoms with E-state index in [4.69, 9.17) is 4.74 Å². The minimum atomic E-state index is 0.192. The van der Waals surface area contributed by atoms with Crippen LogP contribution in [0.2, 0.25) is 0 Å².